The normalized spacial score (nSPS) is 19.1. The van der Waals surface area contributed by atoms with Crippen molar-refractivity contribution in [2.45, 2.75) is 64.7 Å². The summed E-state index contributed by atoms with van der Waals surface area (Å²) in [5.74, 6) is -1.95. The maximum atomic E-state index is 15.4. The fraction of sp³-hybridized carbons (Fsp3) is 0.414. The molecule has 13 heteroatoms. The van der Waals surface area contributed by atoms with Crippen LogP contribution in [0.25, 0.3) is 11.0 Å². The van der Waals surface area contributed by atoms with Gasteiger partial charge in [-0.25, -0.2) is 19.2 Å². The Bertz CT molecular complexity index is 1660. The van der Waals surface area contributed by atoms with Gasteiger partial charge in [-0.3, -0.25) is 4.90 Å². The summed E-state index contributed by atoms with van der Waals surface area (Å²) in [5.41, 5.74) is 1.26. The standard InChI is InChI=1S/C29H28F4N4O4S/c1-15-14-42-25(34-15)13-41-23-10-20-16(2)36(7-5-17(20)9-21(23)29(31,32)33)12-24-35-22-4-3-19(28(38)39)26(30)27(22)37(24)11-18-6-8-40-18/h3-4,9-10,14,16,18H,5-8,11-13H2,1-2H3,(H,38,39)/t16-,18-/m0/s1. The molecule has 6 rings (SSSR count). The maximum Gasteiger partial charge on any atom is 0.419 e. The van der Waals surface area contributed by atoms with Crippen LogP contribution in [0.3, 0.4) is 0 Å². The van der Waals surface area contributed by atoms with Gasteiger partial charge in [0.15, 0.2) is 5.82 Å². The summed E-state index contributed by atoms with van der Waals surface area (Å²) in [6.07, 6.45) is -3.57. The predicted octanol–water partition coefficient (Wildman–Crippen LogP) is 6.14. The lowest BCUT2D eigenvalue weighted by atomic mass is 9.91. The zero-order valence-electron chi connectivity index (χ0n) is 22.9. The van der Waals surface area contributed by atoms with Crippen molar-refractivity contribution < 1.29 is 36.9 Å². The first-order chi connectivity index (χ1) is 20.0. The van der Waals surface area contributed by atoms with Gasteiger partial charge in [-0.1, -0.05) is 0 Å². The molecule has 2 aliphatic heterocycles. The Morgan fingerprint density at radius 2 is 2.05 bits per heavy atom. The number of imidazole rings is 1. The Morgan fingerprint density at radius 3 is 2.69 bits per heavy atom. The third-order valence-electron chi connectivity index (χ3n) is 7.91. The molecule has 2 atom stereocenters. The van der Waals surface area contributed by atoms with E-state index in [9.17, 15) is 23.1 Å². The van der Waals surface area contributed by atoms with E-state index in [1.807, 2.05) is 19.2 Å². The summed E-state index contributed by atoms with van der Waals surface area (Å²) in [7, 11) is 0. The molecule has 1 N–H and O–H groups in total. The highest BCUT2D eigenvalue weighted by Gasteiger charge is 2.37. The van der Waals surface area contributed by atoms with Crippen molar-refractivity contribution in [3.63, 3.8) is 0 Å². The summed E-state index contributed by atoms with van der Waals surface area (Å²) in [5, 5.41) is 11.9. The number of carboxylic acids is 1. The number of fused-ring (bicyclic) bond motifs is 2. The highest BCUT2D eigenvalue weighted by atomic mass is 32.1. The van der Waals surface area contributed by atoms with Crippen LogP contribution in [0.15, 0.2) is 29.6 Å². The molecule has 1 fully saturated rings. The zero-order valence-corrected chi connectivity index (χ0v) is 23.7. The molecule has 0 unspecified atom stereocenters. The monoisotopic (exact) mass is 604 g/mol. The minimum atomic E-state index is -4.59. The van der Waals surface area contributed by atoms with Gasteiger partial charge in [-0.15, -0.1) is 11.3 Å². The average Bonchev–Trinajstić information content (AvgIpc) is 3.48. The largest absolute Gasteiger partial charge is 0.486 e. The first-order valence-corrected chi connectivity index (χ1v) is 14.4. The van der Waals surface area contributed by atoms with Crippen LogP contribution < -0.4 is 4.74 Å². The first-order valence-electron chi connectivity index (χ1n) is 13.5. The van der Waals surface area contributed by atoms with Crippen LogP contribution in [0.5, 0.6) is 5.75 Å². The fourth-order valence-electron chi connectivity index (χ4n) is 5.59. The highest BCUT2D eigenvalue weighted by Crippen LogP contribution is 2.42. The molecular formula is C29H28F4N4O4S. The van der Waals surface area contributed by atoms with Gasteiger partial charge in [0.1, 0.15) is 28.7 Å². The lowest BCUT2D eigenvalue weighted by Gasteiger charge is -2.36. The van der Waals surface area contributed by atoms with Gasteiger partial charge >= 0.3 is 12.1 Å². The Kier molecular flexibility index (Phi) is 7.44. The molecule has 4 aromatic rings. The van der Waals surface area contributed by atoms with Crippen LogP contribution in [0, 0.1) is 12.7 Å². The molecule has 8 nitrogen and oxygen atoms in total. The Morgan fingerprint density at radius 1 is 1.26 bits per heavy atom. The van der Waals surface area contributed by atoms with Crippen molar-refractivity contribution in [2.24, 2.45) is 0 Å². The van der Waals surface area contributed by atoms with E-state index in [0.29, 0.717) is 53.6 Å². The number of thiazole rings is 1. The predicted molar refractivity (Wildman–Crippen MR) is 146 cm³/mol. The Hall–Kier alpha value is -3.55. The number of rotatable bonds is 8. The topological polar surface area (TPSA) is 89.7 Å². The Labute approximate surface area is 242 Å². The average molecular weight is 605 g/mol. The second kappa shape index (κ2) is 10.9. The van der Waals surface area contributed by atoms with Gasteiger partial charge in [-0.2, -0.15) is 13.2 Å². The van der Waals surface area contributed by atoms with E-state index in [4.69, 9.17) is 9.47 Å². The molecular weight excluding hydrogens is 576 g/mol. The van der Waals surface area contributed by atoms with E-state index < -0.39 is 29.1 Å². The fourth-order valence-corrected chi connectivity index (χ4v) is 6.27. The summed E-state index contributed by atoms with van der Waals surface area (Å²) in [6.45, 7) is 5.29. The molecule has 222 valence electrons. The molecule has 0 bridgehead atoms. The number of carboxylic acid groups (broad SMARTS) is 1. The van der Waals surface area contributed by atoms with E-state index in [1.54, 1.807) is 4.57 Å². The first kappa shape index (κ1) is 28.6. The van der Waals surface area contributed by atoms with Crippen molar-refractivity contribution in [1.29, 1.82) is 0 Å². The number of ether oxygens (including phenoxy) is 2. The van der Waals surface area contributed by atoms with Crippen LogP contribution in [-0.2, 0) is 37.0 Å². The van der Waals surface area contributed by atoms with Crippen LogP contribution in [0.4, 0.5) is 17.6 Å². The lowest BCUT2D eigenvalue weighted by Crippen LogP contribution is -2.36. The molecule has 2 aromatic heterocycles. The van der Waals surface area contributed by atoms with Gasteiger partial charge in [-0.05, 0) is 62.1 Å². The second-order valence-corrected chi connectivity index (χ2v) is 11.6. The van der Waals surface area contributed by atoms with Gasteiger partial charge in [0, 0.05) is 30.3 Å². The Balaban J connectivity index is 1.33. The number of aromatic carboxylic acids is 1. The van der Waals surface area contributed by atoms with Gasteiger partial charge < -0.3 is 19.1 Å². The molecule has 42 heavy (non-hydrogen) atoms. The van der Waals surface area contributed by atoms with Crippen molar-refractivity contribution in [1.82, 2.24) is 19.4 Å². The molecule has 0 aliphatic carbocycles. The van der Waals surface area contributed by atoms with E-state index in [-0.39, 0.29) is 36.6 Å². The van der Waals surface area contributed by atoms with E-state index in [2.05, 4.69) is 14.9 Å². The van der Waals surface area contributed by atoms with E-state index in [0.717, 1.165) is 12.1 Å². The van der Waals surface area contributed by atoms with E-state index in [1.165, 1.54) is 35.6 Å². The van der Waals surface area contributed by atoms with Crippen molar-refractivity contribution in [2.75, 3.05) is 13.2 Å². The van der Waals surface area contributed by atoms with Gasteiger partial charge in [0.25, 0.3) is 0 Å². The number of halogens is 4. The van der Waals surface area contributed by atoms with Crippen LogP contribution in [-0.4, -0.2) is 49.8 Å². The van der Waals surface area contributed by atoms with Crippen LogP contribution in [0.2, 0.25) is 0 Å². The maximum absolute atomic E-state index is 15.4. The van der Waals surface area contributed by atoms with Gasteiger partial charge in [0.05, 0.1) is 35.8 Å². The molecule has 0 spiro atoms. The third kappa shape index (κ3) is 5.36. The second-order valence-electron chi connectivity index (χ2n) is 10.6. The van der Waals surface area contributed by atoms with Gasteiger partial charge in [0.2, 0.25) is 0 Å². The van der Waals surface area contributed by atoms with Crippen molar-refractivity contribution >= 4 is 28.3 Å². The number of hydrogen-bond acceptors (Lipinski definition) is 7. The molecule has 2 aromatic carbocycles. The summed E-state index contributed by atoms with van der Waals surface area (Å²) in [6, 6.07) is 5.04. The number of aryl methyl sites for hydroxylation is 1. The molecule has 4 heterocycles. The highest BCUT2D eigenvalue weighted by molar-refractivity contribution is 7.09. The molecule has 0 radical (unpaired) electrons. The number of carbonyl (C=O) groups is 1. The number of benzene rings is 2. The lowest BCUT2D eigenvalue weighted by molar-refractivity contribution is -0.139. The van der Waals surface area contributed by atoms with Crippen molar-refractivity contribution in [3.05, 3.63) is 74.2 Å². The molecule has 2 aliphatic rings. The number of aromatic nitrogens is 3. The SMILES string of the molecule is Cc1csc(COc2cc3c(cc2C(F)(F)F)CCN(Cc2nc4ccc(C(=O)O)c(F)c4n2C[C@@H]2CCO2)[C@H]3C)n1. The number of alkyl halides is 3. The zero-order chi connectivity index (χ0) is 29.8. The molecule has 1 saturated heterocycles. The number of hydrogen-bond donors (Lipinski definition) is 1. The minimum Gasteiger partial charge on any atom is -0.486 e. The summed E-state index contributed by atoms with van der Waals surface area (Å²) in [4.78, 5) is 22.6. The quantitative estimate of drug-likeness (QED) is 0.242. The van der Waals surface area contributed by atoms with Crippen LogP contribution in [0.1, 0.15) is 63.0 Å². The third-order valence-corrected chi connectivity index (χ3v) is 8.85. The molecule has 0 amide bonds. The summed E-state index contributed by atoms with van der Waals surface area (Å²) < 4.78 is 70.4. The van der Waals surface area contributed by atoms with Crippen LogP contribution >= 0.6 is 11.3 Å². The number of nitrogens with zero attached hydrogens (tertiary/aromatic N) is 4. The summed E-state index contributed by atoms with van der Waals surface area (Å²) >= 11 is 1.33. The smallest absolute Gasteiger partial charge is 0.419 e. The van der Waals surface area contributed by atoms with Crippen molar-refractivity contribution in [3.8, 4) is 5.75 Å². The van der Waals surface area contributed by atoms with E-state index >= 15 is 4.39 Å². The molecule has 0 saturated carbocycles. The minimum absolute atomic E-state index is 0.0738.